The van der Waals surface area contributed by atoms with E-state index in [2.05, 4.69) is 4.98 Å². The third-order valence-corrected chi connectivity index (χ3v) is 3.94. The van der Waals surface area contributed by atoms with Crippen molar-refractivity contribution in [3.05, 3.63) is 50.2 Å². The second kappa shape index (κ2) is 5.98. The standard InChI is InChI=1S/C13H6Cl4N2/c14-8-1-2-9(15)13(17)12(8)7-5-10(16)11(3-4-18)19-6-7/h1-2,5-6H,3H2. The number of hydrogen-bond acceptors (Lipinski definition) is 2. The average Bonchev–Trinajstić information content (AvgIpc) is 2.38. The highest BCUT2D eigenvalue weighted by Gasteiger charge is 2.14. The van der Waals surface area contributed by atoms with Crippen molar-refractivity contribution in [3.8, 4) is 17.2 Å². The molecule has 6 heteroatoms. The number of nitriles is 1. The maximum atomic E-state index is 8.65. The van der Waals surface area contributed by atoms with E-state index in [9.17, 15) is 0 Å². The van der Waals surface area contributed by atoms with Crippen molar-refractivity contribution in [1.29, 1.82) is 5.26 Å². The average molecular weight is 332 g/mol. The lowest BCUT2D eigenvalue weighted by atomic mass is 10.1. The first-order chi connectivity index (χ1) is 9.04. The Morgan fingerprint density at radius 2 is 1.74 bits per heavy atom. The van der Waals surface area contributed by atoms with Crippen LogP contribution in [-0.4, -0.2) is 4.98 Å². The van der Waals surface area contributed by atoms with Crippen molar-refractivity contribution in [2.24, 2.45) is 0 Å². The van der Waals surface area contributed by atoms with Gasteiger partial charge in [0.25, 0.3) is 0 Å². The lowest BCUT2D eigenvalue weighted by Gasteiger charge is -2.09. The molecule has 19 heavy (non-hydrogen) atoms. The van der Waals surface area contributed by atoms with Gasteiger partial charge in [0.05, 0.1) is 38.3 Å². The quantitative estimate of drug-likeness (QED) is 0.688. The zero-order valence-corrected chi connectivity index (χ0v) is 12.4. The largest absolute Gasteiger partial charge is 0.258 e. The molecule has 0 radical (unpaired) electrons. The molecule has 0 aliphatic carbocycles. The number of benzene rings is 1. The van der Waals surface area contributed by atoms with Gasteiger partial charge in [0, 0.05) is 17.3 Å². The molecule has 0 saturated heterocycles. The minimum Gasteiger partial charge on any atom is -0.258 e. The number of rotatable bonds is 2. The van der Waals surface area contributed by atoms with Crippen LogP contribution in [0.25, 0.3) is 11.1 Å². The van der Waals surface area contributed by atoms with Gasteiger partial charge in [-0.15, -0.1) is 0 Å². The van der Waals surface area contributed by atoms with Crippen LogP contribution in [0.4, 0.5) is 0 Å². The third-order valence-electron chi connectivity index (χ3n) is 2.50. The summed E-state index contributed by atoms with van der Waals surface area (Å²) in [7, 11) is 0. The molecule has 2 rings (SSSR count). The van der Waals surface area contributed by atoms with Crippen LogP contribution >= 0.6 is 46.4 Å². The van der Waals surface area contributed by atoms with Crippen LogP contribution in [0.15, 0.2) is 24.4 Å². The van der Waals surface area contributed by atoms with Gasteiger partial charge in [-0.05, 0) is 18.2 Å². The van der Waals surface area contributed by atoms with Gasteiger partial charge in [-0.3, -0.25) is 4.98 Å². The summed E-state index contributed by atoms with van der Waals surface area (Å²) in [6.07, 6.45) is 1.72. The molecular weight excluding hydrogens is 326 g/mol. The fourth-order valence-corrected chi connectivity index (χ4v) is 2.58. The van der Waals surface area contributed by atoms with E-state index in [0.717, 1.165) is 0 Å². The van der Waals surface area contributed by atoms with Crippen LogP contribution < -0.4 is 0 Å². The topological polar surface area (TPSA) is 36.7 Å². The summed E-state index contributed by atoms with van der Waals surface area (Å²) in [6.45, 7) is 0. The summed E-state index contributed by atoms with van der Waals surface area (Å²) >= 11 is 24.3. The predicted octanol–water partition coefficient (Wildman–Crippen LogP) is 5.43. The van der Waals surface area contributed by atoms with Crippen molar-refractivity contribution in [2.45, 2.75) is 6.42 Å². The number of halogens is 4. The fourth-order valence-electron chi connectivity index (χ4n) is 1.60. The van der Waals surface area contributed by atoms with E-state index in [0.29, 0.717) is 36.9 Å². The lowest BCUT2D eigenvalue weighted by Crippen LogP contribution is -1.92. The van der Waals surface area contributed by atoms with E-state index in [1.54, 1.807) is 24.4 Å². The molecule has 1 heterocycles. The molecule has 1 aromatic carbocycles. The van der Waals surface area contributed by atoms with Crippen LogP contribution in [0.2, 0.25) is 20.1 Å². The van der Waals surface area contributed by atoms with Crippen molar-refractivity contribution in [1.82, 2.24) is 4.98 Å². The number of nitrogens with zero attached hydrogens (tertiary/aromatic N) is 2. The van der Waals surface area contributed by atoms with Crippen LogP contribution in [0.1, 0.15) is 5.69 Å². The zero-order valence-electron chi connectivity index (χ0n) is 9.42. The third kappa shape index (κ3) is 2.96. The monoisotopic (exact) mass is 330 g/mol. The first-order valence-corrected chi connectivity index (χ1v) is 6.71. The molecule has 0 saturated carbocycles. The summed E-state index contributed by atoms with van der Waals surface area (Å²) in [6, 6.07) is 6.94. The molecule has 0 amide bonds. The Labute approximate surface area is 130 Å². The van der Waals surface area contributed by atoms with E-state index in [4.69, 9.17) is 51.7 Å². The van der Waals surface area contributed by atoms with Crippen molar-refractivity contribution in [2.75, 3.05) is 0 Å². The molecule has 0 spiro atoms. The summed E-state index contributed by atoms with van der Waals surface area (Å²) < 4.78 is 0. The highest BCUT2D eigenvalue weighted by Crippen LogP contribution is 2.39. The number of aromatic nitrogens is 1. The zero-order chi connectivity index (χ0) is 14.0. The highest BCUT2D eigenvalue weighted by molar-refractivity contribution is 6.46. The molecule has 0 fully saturated rings. The summed E-state index contributed by atoms with van der Waals surface area (Å²) in [5, 5.41) is 10.2. The van der Waals surface area contributed by atoms with Gasteiger partial charge in [-0.1, -0.05) is 46.4 Å². The molecule has 96 valence electrons. The Morgan fingerprint density at radius 3 is 2.37 bits per heavy atom. The van der Waals surface area contributed by atoms with Gasteiger partial charge in [-0.25, -0.2) is 0 Å². The Hall–Kier alpha value is -0.980. The van der Waals surface area contributed by atoms with Crippen LogP contribution in [0.5, 0.6) is 0 Å². The second-order valence-electron chi connectivity index (χ2n) is 3.71. The second-order valence-corrected chi connectivity index (χ2v) is 5.31. The molecule has 0 N–H and O–H groups in total. The highest BCUT2D eigenvalue weighted by atomic mass is 35.5. The van der Waals surface area contributed by atoms with Gasteiger partial charge in [0.1, 0.15) is 0 Å². The fraction of sp³-hybridized carbons (Fsp3) is 0.0769. The SMILES string of the molecule is N#CCc1ncc(-c2c(Cl)ccc(Cl)c2Cl)cc1Cl. The minimum atomic E-state index is 0.149. The predicted molar refractivity (Wildman–Crippen MR) is 79.0 cm³/mol. The van der Waals surface area contributed by atoms with Crippen molar-refractivity contribution < 1.29 is 0 Å². The Balaban J connectivity index is 2.58. The Morgan fingerprint density at radius 1 is 1.05 bits per heavy atom. The minimum absolute atomic E-state index is 0.149. The van der Waals surface area contributed by atoms with Gasteiger partial charge in [-0.2, -0.15) is 5.26 Å². The van der Waals surface area contributed by atoms with E-state index < -0.39 is 0 Å². The molecule has 0 aliphatic heterocycles. The number of pyridine rings is 1. The molecule has 0 aliphatic rings. The van der Waals surface area contributed by atoms with E-state index in [1.807, 2.05) is 6.07 Å². The van der Waals surface area contributed by atoms with Gasteiger partial charge < -0.3 is 0 Å². The van der Waals surface area contributed by atoms with Crippen LogP contribution in [0, 0.1) is 11.3 Å². The van der Waals surface area contributed by atoms with Crippen LogP contribution in [-0.2, 0) is 6.42 Å². The lowest BCUT2D eigenvalue weighted by molar-refractivity contribution is 1.12. The maximum Gasteiger partial charge on any atom is 0.0789 e. The van der Waals surface area contributed by atoms with E-state index >= 15 is 0 Å². The van der Waals surface area contributed by atoms with Gasteiger partial charge in [0.2, 0.25) is 0 Å². The van der Waals surface area contributed by atoms with E-state index in [-0.39, 0.29) is 6.42 Å². The van der Waals surface area contributed by atoms with Gasteiger partial charge in [0.15, 0.2) is 0 Å². The molecule has 0 unspecified atom stereocenters. The Bertz CT molecular complexity index is 677. The van der Waals surface area contributed by atoms with E-state index in [1.165, 1.54) is 0 Å². The molecule has 1 aromatic heterocycles. The summed E-state index contributed by atoms with van der Waals surface area (Å²) in [5.74, 6) is 0. The molecule has 0 bridgehead atoms. The molecule has 2 aromatic rings. The molecule has 2 nitrogen and oxygen atoms in total. The number of hydrogen-bond donors (Lipinski definition) is 0. The van der Waals surface area contributed by atoms with Gasteiger partial charge >= 0.3 is 0 Å². The summed E-state index contributed by atoms with van der Waals surface area (Å²) in [5.41, 5.74) is 1.75. The first-order valence-electron chi connectivity index (χ1n) is 5.20. The van der Waals surface area contributed by atoms with Crippen LogP contribution in [0.3, 0.4) is 0 Å². The van der Waals surface area contributed by atoms with Crippen molar-refractivity contribution in [3.63, 3.8) is 0 Å². The smallest absolute Gasteiger partial charge is 0.0789 e. The summed E-state index contributed by atoms with van der Waals surface area (Å²) in [4.78, 5) is 4.14. The maximum absolute atomic E-state index is 8.65. The first kappa shape index (κ1) is 14.4. The van der Waals surface area contributed by atoms with Crippen molar-refractivity contribution >= 4 is 46.4 Å². The normalized spacial score (nSPS) is 10.3. The Kier molecular flexibility index (Phi) is 4.54. The molecular formula is C13H6Cl4N2. The molecule has 0 atom stereocenters.